The van der Waals surface area contributed by atoms with Crippen molar-refractivity contribution in [2.45, 2.75) is 38.3 Å². The van der Waals surface area contributed by atoms with Crippen LogP contribution < -0.4 is 0 Å². The van der Waals surface area contributed by atoms with Crippen molar-refractivity contribution in [3.8, 4) is 0 Å². The fourth-order valence-electron chi connectivity index (χ4n) is 2.66. The Balaban J connectivity index is 2.41. The number of hydrogen-bond acceptors (Lipinski definition) is 2. The van der Waals surface area contributed by atoms with Crippen LogP contribution in [0.4, 0.5) is 8.78 Å². The summed E-state index contributed by atoms with van der Waals surface area (Å²) in [7, 11) is 0. The summed E-state index contributed by atoms with van der Waals surface area (Å²) in [4.78, 5) is 24.8. The molecule has 114 valence electrons. The van der Waals surface area contributed by atoms with Gasteiger partial charge in [0.25, 0.3) is 5.91 Å². The largest absolute Gasteiger partial charge is 0.480 e. The fourth-order valence-corrected chi connectivity index (χ4v) is 2.81. The zero-order chi connectivity index (χ0) is 15.7. The second kappa shape index (κ2) is 5.97. The first kappa shape index (κ1) is 15.7. The van der Waals surface area contributed by atoms with Gasteiger partial charge in [-0.2, -0.15) is 0 Å². The number of nitrogens with zero attached hydrogens (tertiary/aromatic N) is 1. The molecule has 0 aliphatic carbocycles. The van der Waals surface area contributed by atoms with Crippen LogP contribution in [0.2, 0.25) is 5.02 Å². The van der Waals surface area contributed by atoms with Crippen molar-refractivity contribution in [2.24, 2.45) is 0 Å². The van der Waals surface area contributed by atoms with E-state index in [2.05, 4.69) is 0 Å². The molecule has 1 aliphatic heterocycles. The van der Waals surface area contributed by atoms with Gasteiger partial charge < -0.3 is 10.0 Å². The molecule has 1 aliphatic rings. The monoisotopic (exact) mass is 317 g/mol. The molecule has 0 aromatic heterocycles. The summed E-state index contributed by atoms with van der Waals surface area (Å²) in [6, 6.07) is 0.123. The molecule has 1 heterocycles. The van der Waals surface area contributed by atoms with E-state index in [1.54, 1.807) is 0 Å². The predicted octanol–water partition coefficient (Wildman–Crippen LogP) is 3.09. The molecular weight excluding hydrogens is 304 g/mol. The highest BCUT2D eigenvalue weighted by Crippen LogP contribution is 2.30. The summed E-state index contributed by atoms with van der Waals surface area (Å²) < 4.78 is 27.3. The van der Waals surface area contributed by atoms with E-state index in [1.807, 2.05) is 6.92 Å². The van der Waals surface area contributed by atoms with Gasteiger partial charge in [0.1, 0.15) is 17.7 Å². The highest BCUT2D eigenvalue weighted by molar-refractivity contribution is 6.30. The lowest BCUT2D eigenvalue weighted by Crippen LogP contribution is -2.45. The topological polar surface area (TPSA) is 57.6 Å². The van der Waals surface area contributed by atoms with Crippen molar-refractivity contribution in [3.05, 3.63) is 34.4 Å². The number of carboxylic acid groups (broad SMARTS) is 1. The summed E-state index contributed by atoms with van der Waals surface area (Å²) in [5, 5.41) is 8.75. The lowest BCUT2D eigenvalue weighted by molar-refractivity contribution is -0.141. The number of rotatable bonds is 3. The van der Waals surface area contributed by atoms with Gasteiger partial charge >= 0.3 is 5.97 Å². The third-order valence-corrected chi connectivity index (χ3v) is 4.02. The van der Waals surface area contributed by atoms with Crippen molar-refractivity contribution in [2.75, 3.05) is 0 Å². The van der Waals surface area contributed by atoms with E-state index in [0.29, 0.717) is 25.3 Å². The molecule has 1 saturated heterocycles. The van der Waals surface area contributed by atoms with Gasteiger partial charge in [0, 0.05) is 6.04 Å². The molecule has 2 unspecified atom stereocenters. The Hall–Kier alpha value is -1.69. The number of hydrogen-bond donors (Lipinski definition) is 1. The smallest absolute Gasteiger partial charge is 0.326 e. The Labute approximate surface area is 125 Å². The minimum atomic E-state index is -1.14. The third kappa shape index (κ3) is 2.85. The summed E-state index contributed by atoms with van der Waals surface area (Å²) in [5.74, 6) is -3.84. The van der Waals surface area contributed by atoms with Crippen LogP contribution in [0.5, 0.6) is 0 Å². The molecule has 0 spiro atoms. The number of carbonyl (C=O) groups is 2. The highest BCUT2D eigenvalue weighted by Gasteiger charge is 2.41. The minimum absolute atomic E-state index is 0.295. The van der Waals surface area contributed by atoms with Crippen LogP contribution in [0, 0.1) is 11.6 Å². The molecular formula is C14H14ClF2NO3. The van der Waals surface area contributed by atoms with E-state index < -0.39 is 40.1 Å². The van der Waals surface area contributed by atoms with Crippen molar-refractivity contribution < 1.29 is 23.5 Å². The first-order valence-corrected chi connectivity index (χ1v) is 6.94. The van der Waals surface area contributed by atoms with Gasteiger partial charge in [0.15, 0.2) is 0 Å². The lowest BCUT2D eigenvalue weighted by atomic mass is 10.1. The molecule has 2 atom stereocenters. The third-order valence-electron chi connectivity index (χ3n) is 3.73. The van der Waals surface area contributed by atoms with Gasteiger partial charge in [0.05, 0.1) is 10.6 Å². The van der Waals surface area contributed by atoms with Gasteiger partial charge in [-0.3, -0.25) is 4.79 Å². The van der Waals surface area contributed by atoms with Crippen LogP contribution in [-0.2, 0) is 4.79 Å². The van der Waals surface area contributed by atoms with Crippen LogP contribution >= 0.6 is 11.6 Å². The van der Waals surface area contributed by atoms with Crippen LogP contribution in [0.3, 0.4) is 0 Å². The van der Waals surface area contributed by atoms with Crippen molar-refractivity contribution >= 4 is 23.5 Å². The first-order chi connectivity index (χ1) is 9.86. The Bertz CT molecular complexity index is 594. The lowest BCUT2D eigenvalue weighted by Gasteiger charge is -2.28. The number of likely N-dealkylation sites (tertiary alicyclic amines) is 1. The van der Waals surface area contributed by atoms with Gasteiger partial charge in [-0.25, -0.2) is 13.6 Å². The molecule has 1 N–H and O–H groups in total. The van der Waals surface area contributed by atoms with E-state index in [4.69, 9.17) is 11.6 Å². The summed E-state index contributed by atoms with van der Waals surface area (Å²) in [6.07, 6.45) is 1.38. The maximum atomic E-state index is 13.8. The SMILES string of the molecule is CCC1CCC(C(=O)O)N1C(=O)c1cc(F)c(Cl)cc1F. The highest BCUT2D eigenvalue weighted by atomic mass is 35.5. The molecule has 1 amide bonds. The zero-order valence-electron chi connectivity index (χ0n) is 11.3. The predicted molar refractivity (Wildman–Crippen MR) is 72.3 cm³/mol. The number of amides is 1. The van der Waals surface area contributed by atoms with E-state index in [-0.39, 0.29) is 6.04 Å². The van der Waals surface area contributed by atoms with Crippen molar-refractivity contribution in [1.29, 1.82) is 0 Å². The number of benzene rings is 1. The summed E-state index contributed by atoms with van der Waals surface area (Å²) >= 11 is 5.45. The van der Waals surface area contributed by atoms with Crippen molar-refractivity contribution in [1.82, 2.24) is 4.90 Å². The molecule has 1 fully saturated rings. The molecule has 0 radical (unpaired) electrons. The standard InChI is InChI=1S/C14H14ClF2NO3/c1-2-7-3-4-12(14(20)21)18(7)13(19)8-5-11(17)9(15)6-10(8)16/h5-7,12H,2-4H2,1H3,(H,20,21). The molecule has 0 saturated carbocycles. The number of carbonyl (C=O) groups excluding carboxylic acids is 1. The fraction of sp³-hybridized carbons (Fsp3) is 0.429. The summed E-state index contributed by atoms with van der Waals surface area (Å²) in [5.41, 5.74) is -0.497. The van der Waals surface area contributed by atoms with Crippen LogP contribution in [0.1, 0.15) is 36.5 Å². The maximum Gasteiger partial charge on any atom is 0.326 e. The Kier molecular flexibility index (Phi) is 4.46. The average molecular weight is 318 g/mol. The molecule has 4 nitrogen and oxygen atoms in total. The number of carboxylic acids is 1. The van der Waals surface area contributed by atoms with E-state index in [0.717, 1.165) is 11.0 Å². The molecule has 2 rings (SSSR count). The van der Waals surface area contributed by atoms with E-state index in [9.17, 15) is 23.5 Å². The Morgan fingerprint density at radius 2 is 2.00 bits per heavy atom. The summed E-state index contributed by atoms with van der Waals surface area (Å²) in [6.45, 7) is 1.81. The number of aliphatic carboxylic acids is 1. The minimum Gasteiger partial charge on any atom is -0.480 e. The molecule has 1 aromatic carbocycles. The first-order valence-electron chi connectivity index (χ1n) is 6.56. The van der Waals surface area contributed by atoms with E-state index in [1.165, 1.54) is 0 Å². The quantitative estimate of drug-likeness (QED) is 0.872. The van der Waals surface area contributed by atoms with Gasteiger partial charge in [-0.1, -0.05) is 18.5 Å². The van der Waals surface area contributed by atoms with Gasteiger partial charge in [-0.05, 0) is 31.4 Å². The average Bonchev–Trinajstić information content (AvgIpc) is 2.86. The second-order valence-corrected chi connectivity index (χ2v) is 5.36. The Morgan fingerprint density at radius 1 is 1.33 bits per heavy atom. The van der Waals surface area contributed by atoms with Crippen LogP contribution in [-0.4, -0.2) is 34.0 Å². The normalized spacial score (nSPS) is 21.6. The second-order valence-electron chi connectivity index (χ2n) is 4.95. The molecule has 7 heteroatoms. The zero-order valence-corrected chi connectivity index (χ0v) is 12.0. The molecule has 0 bridgehead atoms. The molecule has 21 heavy (non-hydrogen) atoms. The van der Waals surface area contributed by atoms with Crippen LogP contribution in [0.15, 0.2) is 12.1 Å². The van der Waals surface area contributed by atoms with Crippen molar-refractivity contribution in [3.63, 3.8) is 0 Å². The van der Waals surface area contributed by atoms with Gasteiger partial charge in [0.2, 0.25) is 0 Å². The molecule has 1 aromatic rings. The van der Waals surface area contributed by atoms with Gasteiger partial charge in [-0.15, -0.1) is 0 Å². The Morgan fingerprint density at radius 3 is 2.57 bits per heavy atom. The van der Waals surface area contributed by atoms with Crippen LogP contribution in [0.25, 0.3) is 0 Å². The maximum absolute atomic E-state index is 13.8. The number of halogens is 3. The van der Waals surface area contributed by atoms with E-state index >= 15 is 0 Å².